The quantitative estimate of drug-likeness (QED) is 0.479. The van der Waals surface area contributed by atoms with Gasteiger partial charge in [0.25, 0.3) is 5.91 Å². The lowest BCUT2D eigenvalue weighted by molar-refractivity contribution is -0.122. The van der Waals surface area contributed by atoms with Crippen molar-refractivity contribution in [1.82, 2.24) is 10.2 Å². The Morgan fingerprint density at radius 2 is 2.03 bits per heavy atom. The average Bonchev–Trinajstić information content (AvgIpc) is 2.98. The van der Waals surface area contributed by atoms with Crippen LogP contribution in [0.5, 0.6) is 0 Å². The number of carbonyl (C=O) groups excluding carboxylic acids is 3. The standard InChI is InChI=1S/C26H28ClN3O3/c1-16-4-3-5-23(24(31)12-16)30-15-19-13-18(7-9-21(19)25(30)32)10-11-28-26(33)29-20-8-6-17(2)22(27)14-20/h6-9,13-14,23H,1,3-5,10-12,15H2,2H3,(H2,28,29,33). The Morgan fingerprint density at radius 1 is 1.21 bits per heavy atom. The van der Waals surface area contributed by atoms with Crippen molar-refractivity contribution in [2.45, 2.75) is 51.6 Å². The summed E-state index contributed by atoms with van der Waals surface area (Å²) in [5.74, 6) is 0.0145. The number of nitrogens with zero attached hydrogens (tertiary/aromatic N) is 1. The zero-order valence-electron chi connectivity index (χ0n) is 18.7. The van der Waals surface area contributed by atoms with Crippen LogP contribution in [0.2, 0.25) is 5.02 Å². The Labute approximate surface area is 199 Å². The lowest BCUT2D eigenvalue weighted by atomic mass is 10.0. The third-order valence-electron chi connectivity index (χ3n) is 6.31. The molecule has 0 saturated heterocycles. The van der Waals surface area contributed by atoms with Gasteiger partial charge < -0.3 is 15.5 Å². The minimum atomic E-state index is -0.367. The van der Waals surface area contributed by atoms with Crippen LogP contribution in [0.25, 0.3) is 0 Å². The Morgan fingerprint density at radius 3 is 2.82 bits per heavy atom. The van der Waals surface area contributed by atoms with Gasteiger partial charge in [-0.25, -0.2) is 4.79 Å². The van der Waals surface area contributed by atoms with Crippen LogP contribution in [0.4, 0.5) is 10.5 Å². The molecule has 1 saturated carbocycles. The van der Waals surface area contributed by atoms with Gasteiger partial charge in [-0.15, -0.1) is 0 Å². The van der Waals surface area contributed by atoms with Crippen LogP contribution in [0, 0.1) is 6.92 Å². The summed E-state index contributed by atoms with van der Waals surface area (Å²) in [6.07, 6.45) is 3.40. The number of hydrogen-bond acceptors (Lipinski definition) is 3. The second kappa shape index (κ2) is 9.79. The Hall–Kier alpha value is -3.12. The third-order valence-corrected chi connectivity index (χ3v) is 6.72. The van der Waals surface area contributed by atoms with E-state index >= 15 is 0 Å². The maximum Gasteiger partial charge on any atom is 0.319 e. The predicted molar refractivity (Wildman–Crippen MR) is 130 cm³/mol. The van der Waals surface area contributed by atoms with Gasteiger partial charge in [0.1, 0.15) is 0 Å². The molecular formula is C26H28ClN3O3. The molecule has 2 aromatic carbocycles. The molecular weight excluding hydrogens is 438 g/mol. The largest absolute Gasteiger partial charge is 0.338 e. The molecule has 6 nitrogen and oxygen atoms in total. The number of urea groups is 1. The van der Waals surface area contributed by atoms with E-state index in [-0.39, 0.29) is 23.8 Å². The maximum absolute atomic E-state index is 12.9. The van der Waals surface area contributed by atoms with Gasteiger partial charge in [-0.2, -0.15) is 0 Å². The van der Waals surface area contributed by atoms with Gasteiger partial charge >= 0.3 is 6.03 Å². The molecule has 2 aliphatic rings. The Bertz CT molecular complexity index is 1130. The van der Waals surface area contributed by atoms with Crippen molar-refractivity contribution < 1.29 is 14.4 Å². The number of allylic oxidation sites excluding steroid dienone is 1. The highest BCUT2D eigenvalue weighted by molar-refractivity contribution is 6.31. The van der Waals surface area contributed by atoms with E-state index in [4.69, 9.17) is 11.6 Å². The highest BCUT2D eigenvalue weighted by Gasteiger charge is 2.36. The number of carbonyl (C=O) groups is 3. The number of Topliss-reactive ketones (excluding diaryl/α,β-unsaturated/α-hetero) is 1. The first-order chi connectivity index (χ1) is 15.8. The van der Waals surface area contributed by atoms with E-state index in [1.165, 1.54) is 0 Å². The van der Waals surface area contributed by atoms with Crippen molar-refractivity contribution in [1.29, 1.82) is 0 Å². The molecule has 1 aliphatic heterocycles. The molecule has 1 unspecified atom stereocenters. The molecule has 1 fully saturated rings. The summed E-state index contributed by atoms with van der Waals surface area (Å²) in [5, 5.41) is 6.22. The second-order valence-corrected chi connectivity index (χ2v) is 9.23. The molecule has 1 heterocycles. The molecule has 2 N–H and O–H groups in total. The van der Waals surface area contributed by atoms with Gasteiger partial charge in [0.15, 0.2) is 5.78 Å². The fourth-order valence-corrected chi connectivity index (χ4v) is 4.64. The Kier molecular flexibility index (Phi) is 6.84. The summed E-state index contributed by atoms with van der Waals surface area (Å²) in [6.45, 7) is 6.77. The number of hydrogen-bond donors (Lipinski definition) is 2. The first-order valence-corrected chi connectivity index (χ1v) is 11.6. The number of aryl methyl sites for hydroxylation is 1. The van der Waals surface area contributed by atoms with Gasteiger partial charge in [-0.1, -0.05) is 42.0 Å². The summed E-state index contributed by atoms with van der Waals surface area (Å²) >= 11 is 6.10. The van der Waals surface area contributed by atoms with Crippen molar-refractivity contribution in [2.24, 2.45) is 0 Å². The van der Waals surface area contributed by atoms with Gasteiger partial charge in [-0.3, -0.25) is 9.59 Å². The number of rotatable bonds is 5. The molecule has 7 heteroatoms. The predicted octanol–water partition coefficient (Wildman–Crippen LogP) is 5.04. The van der Waals surface area contributed by atoms with E-state index in [0.717, 1.165) is 35.1 Å². The molecule has 3 amide bonds. The normalized spacial score (nSPS) is 18.2. The number of benzene rings is 2. The number of ketones is 1. The summed E-state index contributed by atoms with van der Waals surface area (Å²) in [4.78, 5) is 39.5. The van der Waals surface area contributed by atoms with Gasteiger partial charge in [0.05, 0.1) is 6.04 Å². The van der Waals surface area contributed by atoms with Crippen molar-refractivity contribution in [3.05, 3.63) is 75.8 Å². The topological polar surface area (TPSA) is 78.5 Å². The van der Waals surface area contributed by atoms with Crippen molar-refractivity contribution in [3.63, 3.8) is 0 Å². The molecule has 0 radical (unpaired) electrons. The summed E-state index contributed by atoms with van der Waals surface area (Å²) in [7, 11) is 0. The number of nitrogens with one attached hydrogen (secondary N) is 2. The zero-order valence-corrected chi connectivity index (χ0v) is 19.5. The Balaban J connectivity index is 1.33. The minimum Gasteiger partial charge on any atom is -0.338 e. The molecule has 0 aromatic heterocycles. The molecule has 0 bridgehead atoms. The second-order valence-electron chi connectivity index (χ2n) is 8.82. The monoisotopic (exact) mass is 465 g/mol. The van der Waals surface area contributed by atoms with E-state index in [9.17, 15) is 14.4 Å². The summed E-state index contributed by atoms with van der Waals surface area (Å²) < 4.78 is 0. The molecule has 1 atom stereocenters. The SMILES string of the molecule is C=C1CCCC(N2Cc3cc(CCNC(=O)Nc4ccc(C)c(Cl)c4)ccc3C2=O)C(=O)C1. The molecule has 4 rings (SSSR count). The minimum absolute atomic E-state index is 0.0725. The van der Waals surface area contributed by atoms with Gasteiger partial charge in [0.2, 0.25) is 0 Å². The van der Waals surface area contributed by atoms with Crippen molar-refractivity contribution in [3.8, 4) is 0 Å². The number of anilines is 1. The van der Waals surface area contributed by atoms with Crippen molar-refractivity contribution in [2.75, 3.05) is 11.9 Å². The number of halogens is 1. The van der Waals surface area contributed by atoms with E-state index in [0.29, 0.717) is 48.6 Å². The van der Waals surface area contributed by atoms with Crippen LogP contribution in [-0.2, 0) is 17.8 Å². The van der Waals surface area contributed by atoms with Crippen molar-refractivity contribution >= 4 is 35.0 Å². The first kappa shape index (κ1) is 23.1. The van der Waals surface area contributed by atoms with Crippen LogP contribution in [0.1, 0.15) is 52.7 Å². The molecule has 2 aromatic rings. The van der Waals surface area contributed by atoms with E-state index < -0.39 is 0 Å². The van der Waals surface area contributed by atoms with E-state index in [1.54, 1.807) is 17.0 Å². The molecule has 0 spiro atoms. The summed E-state index contributed by atoms with van der Waals surface area (Å²) in [6, 6.07) is 10.5. The highest BCUT2D eigenvalue weighted by Crippen LogP contribution is 2.30. The fourth-order valence-electron chi connectivity index (χ4n) is 4.46. The van der Waals surface area contributed by atoms with Crippen LogP contribution in [0.15, 0.2) is 48.6 Å². The summed E-state index contributed by atoms with van der Waals surface area (Å²) in [5.41, 5.74) is 5.17. The highest BCUT2D eigenvalue weighted by atomic mass is 35.5. The van der Waals surface area contributed by atoms with Crippen LogP contribution >= 0.6 is 11.6 Å². The van der Waals surface area contributed by atoms with Crippen LogP contribution in [0.3, 0.4) is 0 Å². The van der Waals surface area contributed by atoms with Crippen LogP contribution in [-0.4, -0.2) is 35.2 Å². The fraction of sp³-hybridized carbons (Fsp3) is 0.346. The van der Waals surface area contributed by atoms with E-state index in [1.807, 2.05) is 31.2 Å². The number of amides is 3. The lowest BCUT2D eigenvalue weighted by Gasteiger charge is -2.25. The first-order valence-electron chi connectivity index (χ1n) is 11.2. The molecule has 172 valence electrons. The zero-order chi connectivity index (χ0) is 23.5. The average molecular weight is 466 g/mol. The molecule has 33 heavy (non-hydrogen) atoms. The van der Waals surface area contributed by atoms with Crippen LogP contribution < -0.4 is 10.6 Å². The van der Waals surface area contributed by atoms with Gasteiger partial charge in [-0.05, 0) is 67.5 Å². The maximum atomic E-state index is 12.9. The smallest absolute Gasteiger partial charge is 0.319 e. The lowest BCUT2D eigenvalue weighted by Crippen LogP contribution is -2.40. The van der Waals surface area contributed by atoms with Gasteiger partial charge in [0, 0.05) is 35.8 Å². The molecule has 1 aliphatic carbocycles. The van der Waals surface area contributed by atoms with E-state index in [2.05, 4.69) is 17.2 Å². The third kappa shape index (κ3) is 5.28. The number of fused-ring (bicyclic) bond motifs is 1.